The highest BCUT2D eigenvalue weighted by molar-refractivity contribution is 5.87. The lowest BCUT2D eigenvalue weighted by Crippen LogP contribution is -2.56. The Morgan fingerprint density at radius 2 is 1.52 bits per heavy atom. The summed E-state index contributed by atoms with van der Waals surface area (Å²) in [4.78, 5) is 40.9. The lowest BCUT2D eigenvalue weighted by atomic mass is 9.84. The monoisotopic (exact) mass is 567 g/mol. The lowest BCUT2D eigenvalue weighted by molar-refractivity contribution is -0.144. The molecule has 3 aliphatic carbocycles. The second kappa shape index (κ2) is 12.0. The molecule has 5 atom stereocenters. The van der Waals surface area contributed by atoms with Gasteiger partial charge in [-0.25, -0.2) is 4.79 Å². The molecule has 5 unspecified atom stereocenters. The van der Waals surface area contributed by atoms with Gasteiger partial charge in [0.2, 0.25) is 5.91 Å². The van der Waals surface area contributed by atoms with Crippen molar-refractivity contribution < 1.29 is 24.2 Å². The summed E-state index contributed by atoms with van der Waals surface area (Å²) in [5.41, 5.74) is 5.58. The summed E-state index contributed by atoms with van der Waals surface area (Å²) in [5.74, 6) is -1.70. The van der Waals surface area contributed by atoms with Gasteiger partial charge >= 0.3 is 12.1 Å². The highest BCUT2D eigenvalue weighted by Crippen LogP contribution is 2.48. The molecule has 3 aliphatic rings. The van der Waals surface area contributed by atoms with Gasteiger partial charge in [0.15, 0.2) is 0 Å². The standard InChI is InChI=1S/C34H37N3O5/c1-37(18-21-9-3-2-4-10-21)19-29(32(38)36-31-23-16-15-22(17-23)30(31)33(39)40)35-34(41)42-20-28-26-13-7-5-11-24(26)25-12-6-8-14-27(25)28/h2-14,22-23,28-31H,15-20H2,1H3,(H,35,41)(H,36,38)(H,39,40). The molecule has 42 heavy (non-hydrogen) atoms. The van der Waals surface area contributed by atoms with Crippen LogP contribution < -0.4 is 10.6 Å². The number of likely N-dealkylation sites (N-methyl/N-ethyl adjacent to an activating group) is 1. The number of carbonyl (C=O) groups excluding carboxylic acids is 2. The van der Waals surface area contributed by atoms with Crippen molar-refractivity contribution in [3.63, 3.8) is 0 Å². The van der Waals surface area contributed by atoms with E-state index in [9.17, 15) is 19.5 Å². The summed E-state index contributed by atoms with van der Waals surface area (Å²) in [6, 6.07) is 24.8. The third kappa shape index (κ3) is 5.63. The van der Waals surface area contributed by atoms with Crippen LogP contribution in [-0.4, -0.2) is 60.3 Å². The summed E-state index contributed by atoms with van der Waals surface area (Å²) >= 11 is 0. The first-order valence-corrected chi connectivity index (χ1v) is 14.8. The number of fused-ring (bicyclic) bond motifs is 5. The molecule has 6 rings (SSSR count). The number of hydrogen-bond acceptors (Lipinski definition) is 5. The molecule has 2 amide bonds. The zero-order chi connectivity index (χ0) is 29.2. The molecular weight excluding hydrogens is 530 g/mol. The molecule has 218 valence electrons. The average molecular weight is 568 g/mol. The van der Waals surface area contributed by atoms with Gasteiger partial charge in [0.25, 0.3) is 0 Å². The first kappa shape index (κ1) is 28.0. The fourth-order valence-corrected chi connectivity index (χ4v) is 7.37. The van der Waals surface area contributed by atoms with Gasteiger partial charge < -0.3 is 20.5 Å². The van der Waals surface area contributed by atoms with Gasteiger partial charge in [0, 0.05) is 25.0 Å². The smallest absolute Gasteiger partial charge is 0.407 e. The van der Waals surface area contributed by atoms with Crippen LogP contribution in [0.25, 0.3) is 11.1 Å². The van der Waals surface area contributed by atoms with Crippen molar-refractivity contribution in [1.82, 2.24) is 15.5 Å². The minimum absolute atomic E-state index is 0.0899. The number of carboxylic acids is 1. The van der Waals surface area contributed by atoms with Gasteiger partial charge in [-0.05, 0) is 66.0 Å². The molecule has 2 fully saturated rings. The van der Waals surface area contributed by atoms with Crippen molar-refractivity contribution in [3.05, 3.63) is 95.6 Å². The van der Waals surface area contributed by atoms with Gasteiger partial charge in [-0.1, -0.05) is 78.9 Å². The number of benzene rings is 3. The SMILES string of the molecule is CN(Cc1ccccc1)CC(NC(=O)OCC1c2ccccc2-c2ccccc21)C(=O)NC1C2CCC(C2)C1C(=O)O. The Kier molecular flexibility index (Phi) is 7.98. The van der Waals surface area contributed by atoms with Crippen LogP contribution in [0.4, 0.5) is 4.79 Å². The van der Waals surface area contributed by atoms with E-state index in [1.165, 1.54) is 0 Å². The van der Waals surface area contributed by atoms with E-state index in [1.54, 1.807) is 0 Å². The van der Waals surface area contributed by atoms with E-state index in [4.69, 9.17) is 4.74 Å². The summed E-state index contributed by atoms with van der Waals surface area (Å²) < 4.78 is 5.76. The van der Waals surface area contributed by atoms with E-state index in [0.29, 0.717) is 6.54 Å². The minimum Gasteiger partial charge on any atom is -0.481 e. The molecule has 3 N–H and O–H groups in total. The van der Waals surface area contributed by atoms with E-state index in [-0.39, 0.29) is 36.8 Å². The highest BCUT2D eigenvalue weighted by atomic mass is 16.5. The van der Waals surface area contributed by atoms with E-state index >= 15 is 0 Å². The second-order valence-electron chi connectivity index (χ2n) is 11.9. The largest absolute Gasteiger partial charge is 0.481 e. The van der Waals surface area contributed by atoms with Crippen molar-refractivity contribution in [2.24, 2.45) is 17.8 Å². The Morgan fingerprint density at radius 1 is 0.905 bits per heavy atom. The number of carboxylic acid groups (broad SMARTS) is 1. The fourth-order valence-electron chi connectivity index (χ4n) is 7.37. The Labute approximate surface area is 246 Å². The number of nitrogens with one attached hydrogen (secondary N) is 2. The van der Waals surface area contributed by atoms with Crippen LogP contribution in [0.2, 0.25) is 0 Å². The summed E-state index contributed by atoms with van der Waals surface area (Å²) in [5, 5.41) is 15.7. The van der Waals surface area contributed by atoms with E-state index in [0.717, 1.165) is 47.1 Å². The Hall–Kier alpha value is -4.17. The first-order valence-electron chi connectivity index (χ1n) is 14.8. The maximum atomic E-state index is 13.7. The molecule has 0 radical (unpaired) electrons. The number of rotatable bonds is 10. The fraction of sp³-hybridized carbons (Fsp3) is 0.382. The van der Waals surface area contributed by atoms with Crippen LogP contribution in [0, 0.1) is 17.8 Å². The van der Waals surface area contributed by atoms with Crippen molar-refractivity contribution in [3.8, 4) is 11.1 Å². The number of nitrogens with zero attached hydrogens (tertiary/aromatic N) is 1. The van der Waals surface area contributed by atoms with Gasteiger partial charge in [-0.15, -0.1) is 0 Å². The van der Waals surface area contributed by atoms with Gasteiger partial charge in [-0.3, -0.25) is 14.5 Å². The lowest BCUT2D eigenvalue weighted by Gasteiger charge is -2.31. The van der Waals surface area contributed by atoms with E-state index < -0.39 is 30.1 Å². The Bertz CT molecular complexity index is 1410. The van der Waals surface area contributed by atoms with Crippen LogP contribution in [-0.2, 0) is 20.9 Å². The number of carbonyl (C=O) groups is 3. The van der Waals surface area contributed by atoms with Crippen LogP contribution >= 0.6 is 0 Å². The number of aliphatic carboxylic acids is 1. The maximum absolute atomic E-state index is 13.7. The van der Waals surface area contributed by atoms with Gasteiger partial charge in [-0.2, -0.15) is 0 Å². The predicted octanol–water partition coefficient (Wildman–Crippen LogP) is 4.64. The van der Waals surface area contributed by atoms with Crippen LogP contribution in [0.3, 0.4) is 0 Å². The van der Waals surface area contributed by atoms with E-state index in [1.807, 2.05) is 66.5 Å². The minimum atomic E-state index is -0.914. The van der Waals surface area contributed by atoms with Crippen molar-refractivity contribution in [2.45, 2.75) is 43.8 Å². The molecule has 0 heterocycles. The maximum Gasteiger partial charge on any atom is 0.407 e. The van der Waals surface area contributed by atoms with Crippen molar-refractivity contribution >= 4 is 18.0 Å². The molecule has 0 saturated heterocycles. The third-order valence-electron chi connectivity index (χ3n) is 9.25. The van der Waals surface area contributed by atoms with Gasteiger partial charge in [0.05, 0.1) is 5.92 Å². The molecule has 3 aromatic carbocycles. The first-order chi connectivity index (χ1) is 20.4. The molecule has 2 saturated carbocycles. The van der Waals surface area contributed by atoms with Crippen molar-refractivity contribution in [1.29, 1.82) is 0 Å². The van der Waals surface area contributed by atoms with Crippen LogP contribution in [0.1, 0.15) is 41.9 Å². The summed E-state index contributed by atoms with van der Waals surface area (Å²) in [6.45, 7) is 0.966. The topological polar surface area (TPSA) is 108 Å². The number of hydrogen-bond donors (Lipinski definition) is 3. The van der Waals surface area contributed by atoms with Crippen LogP contribution in [0.5, 0.6) is 0 Å². The zero-order valence-corrected chi connectivity index (χ0v) is 23.7. The van der Waals surface area contributed by atoms with Crippen molar-refractivity contribution in [2.75, 3.05) is 20.2 Å². The molecule has 2 bridgehead atoms. The molecule has 8 heteroatoms. The summed E-state index contributed by atoms with van der Waals surface area (Å²) in [6.07, 6.45) is 1.95. The molecule has 8 nitrogen and oxygen atoms in total. The highest BCUT2D eigenvalue weighted by Gasteiger charge is 2.52. The number of amides is 2. The summed E-state index contributed by atoms with van der Waals surface area (Å²) in [7, 11) is 1.89. The molecule has 3 aromatic rings. The van der Waals surface area contributed by atoms with Gasteiger partial charge in [0.1, 0.15) is 12.6 Å². The molecule has 0 spiro atoms. The molecular formula is C34H37N3O5. The second-order valence-corrected chi connectivity index (χ2v) is 11.9. The Morgan fingerprint density at radius 3 is 2.19 bits per heavy atom. The number of ether oxygens (including phenoxy) is 1. The van der Waals surface area contributed by atoms with E-state index in [2.05, 4.69) is 34.9 Å². The predicted molar refractivity (Wildman–Crippen MR) is 159 cm³/mol. The van der Waals surface area contributed by atoms with Crippen LogP contribution in [0.15, 0.2) is 78.9 Å². The average Bonchev–Trinajstić information content (AvgIpc) is 3.68. The third-order valence-corrected chi connectivity index (χ3v) is 9.25. The zero-order valence-electron chi connectivity index (χ0n) is 23.7. The molecule has 0 aliphatic heterocycles. The Balaban J connectivity index is 1.15. The number of alkyl carbamates (subject to hydrolysis) is 1. The quantitative estimate of drug-likeness (QED) is 0.330. The normalized spacial score (nSPS) is 22.8. The molecule has 0 aromatic heterocycles.